The average molecular weight is 318 g/mol. The van der Waals surface area contributed by atoms with Gasteiger partial charge < -0.3 is 4.42 Å². The average Bonchev–Trinajstić information content (AvgIpc) is 2.47. The van der Waals surface area contributed by atoms with Crippen LogP contribution in [-0.2, 0) is 0 Å². The van der Waals surface area contributed by atoms with Gasteiger partial charge in [-0.05, 0) is 24.3 Å². The van der Waals surface area contributed by atoms with Crippen LogP contribution in [0.15, 0.2) is 62.7 Å². The highest BCUT2D eigenvalue weighted by Crippen LogP contribution is 2.23. The summed E-state index contributed by atoms with van der Waals surface area (Å²) >= 11 is 12.1. The summed E-state index contributed by atoms with van der Waals surface area (Å²) in [5.74, 6) is 0. The van der Waals surface area contributed by atoms with Gasteiger partial charge in [-0.25, -0.2) is 9.79 Å². The molecule has 21 heavy (non-hydrogen) atoms. The molecule has 0 saturated heterocycles. The standard InChI is InChI=1S/C16H9Cl2NO2/c17-12-5-3-6-13(18)11(12)9-19-14-8-10-4-1-2-7-15(10)21-16(14)20/h1-9H. The van der Waals surface area contributed by atoms with Gasteiger partial charge in [0.15, 0.2) is 0 Å². The molecule has 2 aromatic carbocycles. The summed E-state index contributed by atoms with van der Waals surface area (Å²) in [6.07, 6.45) is 1.46. The first-order valence-corrected chi connectivity index (χ1v) is 6.92. The van der Waals surface area contributed by atoms with Gasteiger partial charge in [0.2, 0.25) is 0 Å². The number of hydrogen-bond acceptors (Lipinski definition) is 3. The number of aliphatic imine (C=N–C) groups is 1. The molecule has 3 aromatic rings. The fourth-order valence-electron chi connectivity index (χ4n) is 1.91. The molecule has 0 N–H and O–H groups in total. The van der Waals surface area contributed by atoms with Crippen molar-refractivity contribution in [2.24, 2.45) is 4.99 Å². The third-order valence-corrected chi connectivity index (χ3v) is 3.61. The van der Waals surface area contributed by atoms with Gasteiger partial charge in [0.05, 0.1) is 10.0 Å². The highest BCUT2D eigenvalue weighted by Gasteiger charge is 2.05. The Morgan fingerprint density at radius 3 is 2.48 bits per heavy atom. The second-order valence-corrected chi connectivity index (χ2v) is 5.16. The van der Waals surface area contributed by atoms with Crippen molar-refractivity contribution in [2.75, 3.05) is 0 Å². The molecule has 0 spiro atoms. The second kappa shape index (κ2) is 5.72. The first-order valence-electron chi connectivity index (χ1n) is 6.16. The summed E-state index contributed by atoms with van der Waals surface area (Å²) in [5.41, 5.74) is 0.781. The van der Waals surface area contributed by atoms with Crippen LogP contribution in [0.2, 0.25) is 10.0 Å². The highest BCUT2D eigenvalue weighted by molar-refractivity contribution is 6.38. The van der Waals surface area contributed by atoms with Crippen molar-refractivity contribution in [1.29, 1.82) is 0 Å². The van der Waals surface area contributed by atoms with E-state index in [1.165, 1.54) is 6.21 Å². The molecule has 0 atom stereocenters. The Balaban J connectivity index is 2.07. The fourth-order valence-corrected chi connectivity index (χ4v) is 2.40. The van der Waals surface area contributed by atoms with Gasteiger partial charge in [0, 0.05) is 17.2 Å². The van der Waals surface area contributed by atoms with E-state index in [0.29, 0.717) is 21.2 Å². The van der Waals surface area contributed by atoms with E-state index in [0.717, 1.165) is 5.39 Å². The summed E-state index contributed by atoms with van der Waals surface area (Å²) < 4.78 is 5.21. The van der Waals surface area contributed by atoms with Crippen LogP contribution in [0.3, 0.4) is 0 Å². The number of nitrogens with zero attached hydrogens (tertiary/aromatic N) is 1. The lowest BCUT2D eigenvalue weighted by atomic mass is 10.2. The summed E-state index contributed by atoms with van der Waals surface area (Å²) in [6, 6.07) is 14.1. The minimum Gasteiger partial charge on any atom is -0.421 e. The number of halogens is 2. The molecule has 104 valence electrons. The number of hydrogen-bond donors (Lipinski definition) is 0. The van der Waals surface area contributed by atoms with Gasteiger partial charge in [-0.1, -0.05) is 47.5 Å². The summed E-state index contributed by atoms with van der Waals surface area (Å²) in [4.78, 5) is 16.0. The van der Waals surface area contributed by atoms with Crippen LogP contribution in [0.5, 0.6) is 0 Å². The maximum Gasteiger partial charge on any atom is 0.362 e. The molecule has 0 unspecified atom stereocenters. The number of fused-ring (bicyclic) bond motifs is 1. The summed E-state index contributed by atoms with van der Waals surface area (Å²) in [5, 5.41) is 1.74. The molecule has 5 heteroatoms. The van der Waals surface area contributed by atoms with Crippen molar-refractivity contribution >= 4 is 46.1 Å². The molecule has 0 fully saturated rings. The lowest BCUT2D eigenvalue weighted by Crippen LogP contribution is -1.98. The molecule has 3 rings (SSSR count). The summed E-state index contributed by atoms with van der Waals surface area (Å²) in [6.45, 7) is 0. The topological polar surface area (TPSA) is 42.6 Å². The molecule has 1 aromatic heterocycles. The van der Waals surface area contributed by atoms with Gasteiger partial charge >= 0.3 is 5.63 Å². The SMILES string of the molecule is O=c1oc2ccccc2cc1N=Cc1c(Cl)cccc1Cl. The Bertz CT molecular complexity index is 880. The molecule has 0 aliphatic carbocycles. The number of benzene rings is 2. The van der Waals surface area contributed by atoms with Crippen LogP contribution in [0.1, 0.15) is 5.56 Å². The largest absolute Gasteiger partial charge is 0.421 e. The third-order valence-electron chi connectivity index (χ3n) is 2.96. The van der Waals surface area contributed by atoms with Crippen molar-refractivity contribution in [3.63, 3.8) is 0 Å². The van der Waals surface area contributed by atoms with E-state index < -0.39 is 5.63 Å². The zero-order valence-electron chi connectivity index (χ0n) is 10.7. The normalized spacial score (nSPS) is 11.3. The van der Waals surface area contributed by atoms with Crippen molar-refractivity contribution in [2.45, 2.75) is 0 Å². The summed E-state index contributed by atoms with van der Waals surface area (Å²) in [7, 11) is 0. The molecule has 0 radical (unpaired) electrons. The Labute approximate surface area is 130 Å². The van der Waals surface area contributed by atoms with Gasteiger partial charge in [-0.15, -0.1) is 0 Å². The van der Waals surface area contributed by atoms with Crippen LogP contribution < -0.4 is 5.63 Å². The van der Waals surface area contributed by atoms with E-state index in [2.05, 4.69) is 4.99 Å². The Hall–Kier alpha value is -2.10. The van der Waals surface area contributed by atoms with Crippen molar-refractivity contribution in [3.8, 4) is 0 Å². The molecule has 3 nitrogen and oxygen atoms in total. The maximum absolute atomic E-state index is 11.9. The van der Waals surface area contributed by atoms with Gasteiger partial charge in [0.1, 0.15) is 11.3 Å². The molecule has 1 heterocycles. The monoisotopic (exact) mass is 317 g/mol. The number of rotatable bonds is 2. The van der Waals surface area contributed by atoms with E-state index in [4.69, 9.17) is 27.6 Å². The van der Waals surface area contributed by atoms with E-state index in [1.54, 1.807) is 36.4 Å². The smallest absolute Gasteiger partial charge is 0.362 e. The van der Waals surface area contributed by atoms with Crippen LogP contribution in [-0.4, -0.2) is 6.21 Å². The molecule has 0 amide bonds. The molecule has 0 aliphatic heterocycles. The predicted molar refractivity (Wildman–Crippen MR) is 86.2 cm³/mol. The fraction of sp³-hybridized carbons (Fsp3) is 0. The number of para-hydroxylation sites is 1. The van der Waals surface area contributed by atoms with E-state index in [1.807, 2.05) is 12.1 Å². The van der Waals surface area contributed by atoms with Crippen LogP contribution >= 0.6 is 23.2 Å². The van der Waals surface area contributed by atoms with Crippen molar-refractivity contribution in [1.82, 2.24) is 0 Å². The quantitative estimate of drug-likeness (QED) is 0.501. The van der Waals surface area contributed by atoms with E-state index in [-0.39, 0.29) is 5.69 Å². The minimum atomic E-state index is -0.506. The molecule has 0 bridgehead atoms. The van der Waals surface area contributed by atoms with Crippen LogP contribution in [0.25, 0.3) is 11.0 Å². The Morgan fingerprint density at radius 2 is 1.71 bits per heavy atom. The molecular weight excluding hydrogens is 309 g/mol. The minimum absolute atomic E-state index is 0.199. The lowest BCUT2D eigenvalue weighted by Gasteiger charge is -2.00. The molecular formula is C16H9Cl2NO2. The van der Waals surface area contributed by atoms with Gasteiger partial charge in [0.25, 0.3) is 0 Å². The first kappa shape index (κ1) is 13.9. The highest BCUT2D eigenvalue weighted by atomic mass is 35.5. The maximum atomic E-state index is 11.9. The van der Waals surface area contributed by atoms with Gasteiger partial charge in [-0.2, -0.15) is 0 Å². The van der Waals surface area contributed by atoms with Crippen molar-refractivity contribution in [3.05, 3.63) is 74.6 Å². The van der Waals surface area contributed by atoms with Crippen LogP contribution in [0, 0.1) is 0 Å². The molecule has 0 aliphatic rings. The van der Waals surface area contributed by atoms with E-state index >= 15 is 0 Å². The Morgan fingerprint density at radius 1 is 1.00 bits per heavy atom. The van der Waals surface area contributed by atoms with Crippen LogP contribution in [0.4, 0.5) is 5.69 Å². The lowest BCUT2D eigenvalue weighted by molar-refractivity contribution is 0.563. The predicted octanol–water partition coefficient (Wildman–Crippen LogP) is 4.85. The first-order chi connectivity index (χ1) is 10.1. The zero-order chi connectivity index (χ0) is 14.8. The second-order valence-electron chi connectivity index (χ2n) is 4.35. The zero-order valence-corrected chi connectivity index (χ0v) is 12.2. The van der Waals surface area contributed by atoms with E-state index in [9.17, 15) is 4.79 Å². The third kappa shape index (κ3) is 2.84. The molecule has 0 saturated carbocycles. The van der Waals surface area contributed by atoms with Gasteiger partial charge in [-0.3, -0.25) is 0 Å². The Kier molecular flexibility index (Phi) is 3.78. The van der Waals surface area contributed by atoms with Crippen molar-refractivity contribution < 1.29 is 4.42 Å².